The minimum Gasteiger partial charge on any atom is -0.508 e. The van der Waals surface area contributed by atoms with E-state index in [1.807, 2.05) is 0 Å². The molecule has 1 aromatic rings. The number of phenols is 1. The van der Waals surface area contributed by atoms with Crippen molar-refractivity contribution in [3.8, 4) is 5.75 Å². The molecule has 9 heteroatoms. The first-order valence-electron chi connectivity index (χ1n) is 7.02. The van der Waals surface area contributed by atoms with Crippen LogP contribution in [0.4, 0.5) is 0 Å². The van der Waals surface area contributed by atoms with Gasteiger partial charge in [-0.05, 0) is 17.7 Å². The van der Waals surface area contributed by atoms with E-state index in [-0.39, 0.29) is 34.6 Å². The standard InChI is InChI=1S/C15H13ClN2O5S/c16-9-6-24-14-11(13(21)18(14)12(9)15(22)23)17-10(20)5-7-1-3-8(19)4-2-7/h1-4,11,14,19H,5-6H2,(H,17,20)(H,22,23)/t11-,14-/m1/s1. The van der Waals surface area contributed by atoms with Gasteiger partial charge in [0.15, 0.2) is 0 Å². The van der Waals surface area contributed by atoms with Gasteiger partial charge in [0, 0.05) is 5.75 Å². The number of halogens is 1. The van der Waals surface area contributed by atoms with Crippen molar-refractivity contribution in [3.63, 3.8) is 0 Å². The molecule has 2 atom stereocenters. The molecule has 0 aromatic heterocycles. The third kappa shape index (κ3) is 2.94. The zero-order valence-electron chi connectivity index (χ0n) is 12.2. The number of hydrogen-bond donors (Lipinski definition) is 3. The number of rotatable bonds is 4. The van der Waals surface area contributed by atoms with Crippen molar-refractivity contribution in [2.45, 2.75) is 17.8 Å². The van der Waals surface area contributed by atoms with E-state index in [9.17, 15) is 24.6 Å². The molecular weight excluding hydrogens is 356 g/mol. The number of nitrogens with one attached hydrogen (secondary N) is 1. The lowest BCUT2D eigenvalue weighted by molar-refractivity contribution is -0.150. The number of aromatic hydroxyl groups is 1. The third-order valence-corrected chi connectivity index (χ3v) is 5.49. The summed E-state index contributed by atoms with van der Waals surface area (Å²) in [7, 11) is 0. The fourth-order valence-electron chi connectivity index (χ4n) is 2.61. The Labute approximate surface area is 146 Å². The molecule has 0 aliphatic carbocycles. The maximum absolute atomic E-state index is 12.2. The van der Waals surface area contributed by atoms with Crippen molar-refractivity contribution in [1.82, 2.24) is 10.2 Å². The predicted molar refractivity (Wildman–Crippen MR) is 87.3 cm³/mol. The first-order valence-corrected chi connectivity index (χ1v) is 8.45. The van der Waals surface area contributed by atoms with Crippen LogP contribution in [0.5, 0.6) is 5.75 Å². The maximum Gasteiger partial charge on any atom is 0.353 e. The molecule has 3 N–H and O–H groups in total. The first kappa shape index (κ1) is 16.7. The number of carbonyl (C=O) groups is 3. The molecule has 0 bridgehead atoms. The Kier molecular flexibility index (Phi) is 4.42. The second-order valence-electron chi connectivity index (χ2n) is 5.36. The number of hydrogen-bond acceptors (Lipinski definition) is 5. The van der Waals surface area contributed by atoms with E-state index in [2.05, 4.69) is 5.32 Å². The number of aliphatic carboxylic acids is 1. The highest BCUT2D eigenvalue weighted by atomic mass is 35.5. The summed E-state index contributed by atoms with van der Waals surface area (Å²) < 4.78 is 0. The number of phenolic OH excluding ortho intramolecular Hbond substituents is 1. The van der Waals surface area contributed by atoms with Crippen LogP contribution >= 0.6 is 23.4 Å². The molecule has 0 radical (unpaired) electrons. The van der Waals surface area contributed by atoms with Crippen molar-refractivity contribution < 1.29 is 24.6 Å². The zero-order chi connectivity index (χ0) is 17.4. The van der Waals surface area contributed by atoms with Gasteiger partial charge in [-0.2, -0.15) is 0 Å². The monoisotopic (exact) mass is 368 g/mol. The summed E-state index contributed by atoms with van der Waals surface area (Å²) in [5, 5.41) is 20.7. The number of nitrogens with zero attached hydrogens (tertiary/aromatic N) is 1. The summed E-state index contributed by atoms with van der Waals surface area (Å²) >= 11 is 7.20. The molecule has 2 amide bonds. The maximum atomic E-state index is 12.2. The van der Waals surface area contributed by atoms with Crippen LogP contribution in [0, 0.1) is 0 Å². The third-order valence-electron chi connectivity index (χ3n) is 3.74. The first-order chi connectivity index (χ1) is 11.4. The molecule has 2 heterocycles. The Morgan fingerprint density at radius 2 is 2.00 bits per heavy atom. The molecule has 1 aromatic carbocycles. The number of carbonyl (C=O) groups excluding carboxylic acids is 2. The van der Waals surface area contributed by atoms with Crippen LogP contribution in [0.2, 0.25) is 0 Å². The molecule has 126 valence electrons. The Morgan fingerprint density at radius 1 is 1.33 bits per heavy atom. The highest BCUT2D eigenvalue weighted by Gasteiger charge is 2.54. The molecule has 0 saturated carbocycles. The Bertz CT molecular complexity index is 749. The smallest absolute Gasteiger partial charge is 0.353 e. The highest BCUT2D eigenvalue weighted by molar-refractivity contribution is 8.00. The summed E-state index contributed by atoms with van der Waals surface area (Å²) in [4.78, 5) is 36.6. The number of amides is 2. The second kappa shape index (κ2) is 6.37. The summed E-state index contributed by atoms with van der Waals surface area (Å²) in [6, 6.07) is 5.41. The molecule has 3 rings (SSSR count). The normalized spacial score (nSPS) is 22.7. The largest absolute Gasteiger partial charge is 0.508 e. The van der Waals surface area contributed by atoms with Gasteiger partial charge in [0.2, 0.25) is 5.91 Å². The van der Waals surface area contributed by atoms with Gasteiger partial charge in [-0.25, -0.2) is 4.79 Å². The van der Waals surface area contributed by atoms with Crippen molar-refractivity contribution in [2.75, 3.05) is 5.75 Å². The molecule has 1 fully saturated rings. The fourth-order valence-corrected chi connectivity index (χ4v) is 4.16. The minimum atomic E-state index is -1.26. The lowest BCUT2D eigenvalue weighted by Crippen LogP contribution is -2.70. The number of carboxylic acid groups (broad SMARTS) is 1. The lowest BCUT2D eigenvalue weighted by Gasteiger charge is -2.48. The van der Waals surface area contributed by atoms with E-state index < -0.39 is 23.3 Å². The van der Waals surface area contributed by atoms with Gasteiger partial charge in [-0.1, -0.05) is 23.7 Å². The fraction of sp³-hybridized carbons (Fsp3) is 0.267. The molecule has 2 aliphatic heterocycles. The van der Waals surface area contributed by atoms with Crippen LogP contribution < -0.4 is 5.32 Å². The molecule has 7 nitrogen and oxygen atoms in total. The summed E-state index contributed by atoms with van der Waals surface area (Å²) in [6.07, 6.45) is 0.0594. The molecule has 0 unspecified atom stereocenters. The number of fused-ring (bicyclic) bond motifs is 1. The minimum absolute atomic E-state index is 0.0594. The van der Waals surface area contributed by atoms with Crippen LogP contribution in [0.3, 0.4) is 0 Å². The van der Waals surface area contributed by atoms with Crippen molar-refractivity contribution in [1.29, 1.82) is 0 Å². The second-order valence-corrected chi connectivity index (χ2v) is 6.92. The highest BCUT2D eigenvalue weighted by Crippen LogP contribution is 2.41. The lowest BCUT2D eigenvalue weighted by atomic mass is 10.0. The average molecular weight is 369 g/mol. The van der Waals surface area contributed by atoms with Crippen LogP contribution in [0.1, 0.15) is 5.56 Å². The van der Waals surface area contributed by atoms with E-state index in [0.717, 1.165) is 4.90 Å². The van der Waals surface area contributed by atoms with Gasteiger partial charge >= 0.3 is 5.97 Å². The molecule has 2 aliphatic rings. The van der Waals surface area contributed by atoms with Crippen LogP contribution in [-0.4, -0.2) is 50.1 Å². The molecule has 0 spiro atoms. The van der Waals surface area contributed by atoms with Crippen molar-refractivity contribution in [3.05, 3.63) is 40.6 Å². The van der Waals surface area contributed by atoms with Gasteiger partial charge in [0.1, 0.15) is 22.9 Å². The van der Waals surface area contributed by atoms with Gasteiger partial charge < -0.3 is 15.5 Å². The van der Waals surface area contributed by atoms with Crippen LogP contribution in [0.15, 0.2) is 35.0 Å². The van der Waals surface area contributed by atoms with Gasteiger partial charge in [-0.15, -0.1) is 11.8 Å². The Balaban J connectivity index is 1.66. The number of benzene rings is 1. The molecule has 1 saturated heterocycles. The van der Waals surface area contributed by atoms with E-state index in [0.29, 0.717) is 5.56 Å². The van der Waals surface area contributed by atoms with E-state index in [4.69, 9.17) is 11.6 Å². The Hall–Kier alpha value is -2.19. The van der Waals surface area contributed by atoms with Crippen LogP contribution in [-0.2, 0) is 20.8 Å². The Morgan fingerprint density at radius 3 is 2.62 bits per heavy atom. The SMILES string of the molecule is O=C(Cc1ccc(O)cc1)N[C@@H]1C(=O)N2C(C(=O)O)=C(Cl)CS[C@H]12. The number of β-lactam (4-membered cyclic amide) rings is 1. The molecular formula is C15H13ClN2O5S. The van der Waals surface area contributed by atoms with Crippen LogP contribution in [0.25, 0.3) is 0 Å². The van der Waals surface area contributed by atoms with E-state index >= 15 is 0 Å². The van der Waals surface area contributed by atoms with Gasteiger partial charge in [0.05, 0.1) is 11.5 Å². The predicted octanol–water partition coefficient (Wildman–Crippen LogP) is 0.870. The average Bonchev–Trinajstić information content (AvgIpc) is 2.54. The zero-order valence-corrected chi connectivity index (χ0v) is 13.8. The number of thioether (sulfide) groups is 1. The molecule has 24 heavy (non-hydrogen) atoms. The van der Waals surface area contributed by atoms with Crippen molar-refractivity contribution in [2.24, 2.45) is 0 Å². The van der Waals surface area contributed by atoms with Crippen molar-refractivity contribution >= 4 is 41.1 Å². The number of carboxylic acids is 1. The van der Waals surface area contributed by atoms with E-state index in [1.54, 1.807) is 12.1 Å². The van der Waals surface area contributed by atoms with E-state index in [1.165, 1.54) is 23.9 Å². The topological polar surface area (TPSA) is 107 Å². The quantitative estimate of drug-likeness (QED) is 0.681. The van der Waals surface area contributed by atoms with Gasteiger partial charge in [-0.3, -0.25) is 14.5 Å². The summed E-state index contributed by atoms with van der Waals surface area (Å²) in [5.41, 5.74) is 0.480. The summed E-state index contributed by atoms with van der Waals surface area (Å²) in [6.45, 7) is 0. The van der Waals surface area contributed by atoms with Gasteiger partial charge in [0.25, 0.3) is 5.91 Å². The summed E-state index contributed by atoms with van der Waals surface area (Å²) in [5.74, 6) is -1.71.